The molecule has 0 radical (unpaired) electrons. The first kappa shape index (κ1) is 15.4. The molecule has 0 aliphatic carbocycles. The second kappa shape index (κ2) is 7.08. The molecule has 104 valence electrons. The second-order valence-corrected chi connectivity index (χ2v) is 4.33. The average molecular weight is 286 g/mol. The number of halogens is 1. The molecule has 0 aromatic heterocycles. The van der Waals surface area contributed by atoms with Gasteiger partial charge in [0.15, 0.2) is 0 Å². The standard InChI is InChI=1S/C12H16ClN3O3/c1-7(17)15-11-4-3-8(5-9(11)13)16-12(18)10(14)6-19-2/h3-5,10H,6,14H2,1-2H3,(H,15,17)(H,16,18). The molecule has 1 aromatic carbocycles. The highest BCUT2D eigenvalue weighted by Gasteiger charge is 2.13. The first-order valence-electron chi connectivity index (χ1n) is 5.56. The van der Waals surface area contributed by atoms with Crippen molar-refractivity contribution in [3.63, 3.8) is 0 Å². The maximum Gasteiger partial charge on any atom is 0.243 e. The van der Waals surface area contributed by atoms with Gasteiger partial charge in [0.1, 0.15) is 6.04 Å². The number of amides is 2. The molecule has 0 aliphatic rings. The van der Waals surface area contributed by atoms with Crippen LogP contribution < -0.4 is 16.4 Å². The highest BCUT2D eigenvalue weighted by Crippen LogP contribution is 2.25. The largest absolute Gasteiger partial charge is 0.383 e. The lowest BCUT2D eigenvalue weighted by Gasteiger charge is -2.12. The van der Waals surface area contributed by atoms with Crippen LogP contribution in [-0.2, 0) is 14.3 Å². The summed E-state index contributed by atoms with van der Waals surface area (Å²) in [6.07, 6.45) is 0. The van der Waals surface area contributed by atoms with Crippen molar-refractivity contribution in [2.75, 3.05) is 24.4 Å². The zero-order valence-corrected chi connectivity index (χ0v) is 11.5. The van der Waals surface area contributed by atoms with Gasteiger partial charge in [-0.25, -0.2) is 0 Å². The van der Waals surface area contributed by atoms with E-state index in [-0.39, 0.29) is 18.4 Å². The van der Waals surface area contributed by atoms with Crippen molar-refractivity contribution >= 4 is 34.8 Å². The number of nitrogens with two attached hydrogens (primary N) is 1. The number of rotatable bonds is 5. The van der Waals surface area contributed by atoms with E-state index in [1.807, 2.05) is 0 Å². The van der Waals surface area contributed by atoms with Crippen molar-refractivity contribution in [3.8, 4) is 0 Å². The monoisotopic (exact) mass is 285 g/mol. The molecule has 0 heterocycles. The third-order valence-electron chi connectivity index (χ3n) is 2.23. The summed E-state index contributed by atoms with van der Waals surface area (Å²) < 4.78 is 4.79. The number of hydrogen-bond donors (Lipinski definition) is 3. The number of carbonyl (C=O) groups excluding carboxylic acids is 2. The van der Waals surface area contributed by atoms with E-state index in [4.69, 9.17) is 22.1 Å². The zero-order valence-electron chi connectivity index (χ0n) is 10.7. The molecule has 0 saturated carbocycles. The Kier molecular flexibility index (Phi) is 5.75. The Labute approximate surface area is 116 Å². The molecular weight excluding hydrogens is 270 g/mol. The summed E-state index contributed by atoms with van der Waals surface area (Å²) >= 11 is 5.98. The third kappa shape index (κ3) is 4.86. The normalized spacial score (nSPS) is 11.8. The van der Waals surface area contributed by atoms with Crippen LogP contribution in [0.2, 0.25) is 5.02 Å². The van der Waals surface area contributed by atoms with Crippen LogP contribution in [0, 0.1) is 0 Å². The molecule has 4 N–H and O–H groups in total. The van der Waals surface area contributed by atoms with E-state index in [0.29, 0.717) is 16.4 Å². The molecule has 1 rings (SSSR count). The lowest BCUT2D eigenvalue weighted by Crippen LogP contribution is -2.39. The first-order valence-corrected chi connectivity index (χ1v) is 5.94. The molecule has 0 bridgehead atoms. The Morgan fingerprint density at radius 1 is 1.42 bits per heavy atom. The predicted molar refractivity (Wildman–Crippen MR) is 74.2 cm³/mol. The lowest BCUT2D eigenvalue weighted by molar-refractivity contribution is -0.118. The molecule has 6 nitrogen and oxygen atoms in total. The van der Waals surface area contributed by atoms with E-state index in [0.717, 1.165) is 0 Å². The molecule has 1 unspecified atom stereocenters. The summed E-state index contributed by atoms with van der Waals surface area (Å²) in [7, 11) is 1.46. The van der Waals surface area contributed by atoms with Gasteiger partial charge < -0.3 is 21.1 Å². The Balaban J connectivity index is 2.73. The van der Waals surface area contributed by atoms with Gasteiger partial charge in [-0.1, -0.05) is 11.6 Å². The molecular formula is C12H16ClN3O3. The molecule has 2 amide bonds. The second-order valence-electron chi connectivity index (χ2n) is 3.93. The van der Waals surface area contributed by atoms with Gasteiger partial charge in [0.05, 0.1) is 17.3 Å². The molecule has 0 aliphatic heterocycles. The summed E-state index contributed by atoms with van der Waals surface area (Å²) in [6.45, 7) is 1.51. The Morgan fingerprint density at radius 3 is 2.63 bits per heavy atom. The minimum absolute atomic E-state index is 0.129. The zero-order chi connectivity index (χ0) is 14.4. The third-order valence-corrected chi connectivity index (χ3v) is 2.54. The molecule has 0 spiro atoms. The van der Waals surface area contributed by atoms with Gasteiger partial charge in [-0.3, -0.25) is 9.59 Å². The van der Waals surface area contributed by atoms with Crippen LogP contribution in [0.4, 0.5) is 11.4 Å². The maximum absolute atomic E-state index is 11.6. The highest BCUT2D eigenvalue weighted by atomic mass is 35.5. The van der Waals surface area contributed by atoms with Gasteiger partial charge in [-0.2, -0.15) is 0 Å². The number of nitrogens with one attached hydrogen (secondary N) is 2. The number of hydrogen-bond acceptors (Lipinski definition) is 4. The first-order chi connectivity index (χ1) is 8.93. The van der Waals surface area contributed by atoms with E-state index in [1.165, 1.54) is 20.1 Å². The van der Waals surface area contributed by atoms with E-state index in [1.54, 1.807) is 12.1 Å². The van der Waals surface area contributed by atoms with Crippen molar-refractivity contribution in [3.05, 3.63) is 23.2 Å². The molecule has 1 atom stereocenters. The van der Waals surface area contributed by atoms with Gasteiger partial charge >= 0.3 is 0 Å². The number of ether oxygens (including phenoxy) is 1. The van der Waals surface area contributed by atoms with Crippen molar-refractivity contribution in [1.82, 2.24) is 0 Å². The fraction of sp³-hybridized carbons (Fsp3) is 0.333. The van der Waals surface area contributed by atoms with Gasteiger partial charge in [0.25, 0.3) is 0 Å². The van der Waals surface area contributed by atoms with Crippen molar-refractivity contribution in [2.45, 2.75) is 13.0 Å². The van der Waals surface area contributed by atoms with Gasteiger partial charge in [0, 0.05) is 19.7 Å². The fourth-order valence-corrected chi connectivity index (χ4v) is 1.60. The minimum Gasteiger partial charge on any atom is -0.383 e. The summed E-state index contributed by atoms with van der Waals surface area (Å²) in [5.74, 6) is -0.592. The SMILES string of the molecule is COCC(N)C(=O)Nc1ccc(NC(C)=O)c(Cl)c1. The smallest absolute Gasteiger partial charge is 0.243 e. The van der Waals surface area contributed by atoms with Gasteiger partial charge in [-0.15, -0.1) is 0 Å². The Bertz CT molecular complexity index is 479. The molecule has 7 heteroatoms. The van der Waals surface area contributed by atoms with Crippen LogP contribution in [0.15, 0.2) is 18.2 Å². The number of methoxy groups -OCH3 is 1. The topological polar surface area (TPSA) is 93.4 Å². The number of benzene rings is 1. The van der Waals surface area contributed by atoms with E-state index in [2.05, 4.69) is 10.6 Å². The summed E-state index contributed by atoms with van der Waals surface area (Å²) in [6, 6.07) is 4.00. The lowest BCUT2D eigenvalue weighted by atomic mass is 10.2. The fourth-order valence-electron chi connectivity index (χ4n) is 1.37. The molecule has 0 fully saturated rings. The minimum atomic E-state index is -0.751. The van der Waals surface area contributed by atoms with E-state index in [9.17, 15) is 9.59 Å². The van der Waals surface area contributed by atoms with Gasteiger partial charge in [0.2, 0.25) is 11.8 Å². The van der Waals surface area contributed by atoms with Crippen LogP contribution in [0.1, 0.15) is 6.92 Å². The van der Waals surface area contributed by atoms with Gasteiger partial charge in [-0.05, 0) is 18.2 Å². The van der Waals surface area contributed by atoms with Crippen LogP contribution in [-0.4, -0.2) is 31.6 Å². The Morgan fingerprint density at radius 2 is 2.11 bits per heavy atom. The van der Waals surface area contributed by atoms with E-state index < -0.39 is 6.04 Å². The quantitative estimate of drug-likeness (QED) is 0.758. The van der Waals surface area contributed by atoms with Crippen molar-refractivity contribution in [2.24, 2.45) is 5.73 Å². The summed E-state index contributed by atoms with van der Waals surface area (Å²) in [4.78, 5) is 22.6. The van der Waals surface area contributed by atoms with Crippen LogP contribution in [0.25, 0.3) is 0 Å². The van der Waals surface area contributed by atoms with Crippen LogP contribution >= 0.6 is 11.6 Å². The summed E-state index contributed by atoms with van der Waals surface area (Å²) in [5, 5.41) is 5.50. The molecule has 0 saturated heterocycles. The van der Waals surface area contributed by atoms with Crippen LogP contribution in [0.3, 0.4) is 0 Å². The van der Waals surface area contributed by atoms with E-state index >= 15 is 0 Å². The van der Waals surface area contributed by atoms with Crippen molar-refractivity contribution in [1.29, 1.82) is 0 Å². The average Bonchev–Trinajstić information content (AvgIpc) is 2.32. The maximum atomic E-state index is 11.6. The Hall–Kier alpha value is -1.63. The van der Waals surface area contributed by atoms with Crippen molar-refractivity contribution < 1.29 is 14.3 Å². The number of carbonyl (C=O) groups is 2. The highest BCUT2D eigenvalue weighted by molar-refractivity contribution is 6.34. The molecule has 1 aromatic rings. The predicted octanol–water partition coefficient (Wildman–Crippen LogP) is 1.21. The summed E-state index contributed by atoms with van der Waals surface area (Å²) in [5.41, 5.74) is 6.56. The number of anilines is 2. The van der Waals surface area contributed by atoms with Crippen LogP contribution in [0.5, 0.6) is 0 Å². The molecule has 19 heavy (non-hydrogen) atoms.